The number of benzene rings is 1. The first-order valence-corrected chi connectivity index (χ1v) is 6.87. The summed E-state index contributed by atoms with van der Waals surface area (Å²) in [5.41, 5.74) is 1.28. The summed E-state index contributed by atoms with van der Waals surface area (Å²) in [6.45, 7) is 0.158. The number of hydrogen-bond donors (Lipinski definition) is 1. The van der Waals surface area contributed by atoms with Crippen molar-refractivity contribution < 1.29 is 23.9 Å². The maximum atomic E-state index is 12.5. The van der Waals surface area contributed by atoms with Crippen LogP contribution in [0.25, 0.3) is 0 Å². The summed E-state index contributed by atoms with van der Waals surface area (Å²) >= 11 is 0. The molecule has 0 bridgehead atoms. The molecule has 2 aliphatic heterocycles. The first-order chi connectivity index (χ1) is 10.5. The fourth-order valence-corrected chi connectivity index (χ4v) is 2.89. The average molecular weight is 302 g/mol. The number of methoxy groups -OCH3 is 1. The molecular weight excluding hydrogens is 288 g/mol. The average Bonchev–Trinajstić information content (AvgIpc) is 2.84. The highest BCUT2D eigenvalue weighted by Gasteiger charge is 2.40. The van der Waals surface area contributed by atoms with Crippen LogP contribution in [0.4, 0.5) is 0 Å². The van der Waals surface area contributed by atoms with E-state index >= 15 is 0 Å². The molecule has 1 fully saturated rings. The third-order valence-corrected chi connectivity index (χ3v) is 3.99. The summed E-state index contributed by atoms with van der Waals surface area (Å²) in [6, 6.07) is 4.13. The summed E-state index contributed by atoms with van der Waals surface area (Å²) in [7, 11) is 1.27. The standard InChI is InChI=1S/C15H14N2O5/c1-22-15(21)9-4-2-3-8-10(9)7-17(14(8)20)11-5-6-12(18)16-13(11)19/h2-4,11H,5-7H2,1H3,(H,16,18,19). The number of fused-ring (bicyclic) bond motifs is 1. The molecular formula is C15H14N2O5. The zero-order valence-corrected chi connectivity index (χ0v) is 11.9. The van der Waals surface area contributed by atoms with Crippen LogP contribution in [0.1, 0.15) is 39.1 Å². The highest BCUT2D eigenvalue weighted by atomic mass is 16.5. The molecule has 0 spiro atoms. The van der Waals surface area contributed by atoms with E-state index < -0.39 is 17.9 Å². The van der Waals surface area contributed by atoms with E-state index in [2.05, 4.69) is 5.32 Å². The topological polar surface area (TPSA) is 92.8 Å². The predicted octanol–water partition coefficient (Wildman–Crippen LogP) is 0.234. The highest BCUT2D eigenvalue weighted by Crippen LogP contribution is 2.30. The Bertz CT molecular complexity index is 697. The molecule has 1 atom stereocenters. The first kappa shape index (κ1) is 14.2. The van der Waals surface area contributed by atoms with Crippen molar-refractivity contribution in [2.24, 2.45) is 0 Å². The van der Waals surface area contributed by atoms with Crippen LogP contribution in [0.5, 0.6) is 0 Å². The van der Waals surface area contributed by atoms with E-state index in [1.165, 1.54) is 12.0 Å². The van der Waals surface area contributed by atoms with Crippen LogP contribution in [0.3, 0.4) is 0 Å². The van der Waals surface area contributed by atoms with Crippen LogP contribution in [-0.4, -0.2) is 41.7 Å². The van der Waals surface area contributed by atoms with Gasteiger partial charge in [0.1, 0.15) is 6.04 Å². The van der Waals surface area contributed by atoms with E-state index in [0.717, 1.165) is 0 Å². The molecule has 0 aliphatic carbocycles. The van der Waals surface area contributed by atoms with Crippen molar-refractivity contribution in [3.05, 3.63) is 34.9 Å². The fraction of sp³-hybridized carbons (Fsp3) is 0.333. The maximum Gasteiger partial charge on any atom is 0.338 e. The van der Waals surface area contributed by atoms with Gasteiger partial charge in [0.25, 0.3) is 5.91 Å². The molecule has 2 heterocycles. The Labute approximate surface area is 126 Å². The lowest BCUT2D eigenvalue weighted by Gasteiger charge is -2.29. The second-order valence-corrected chi connectivity index (χ2v) is 5.22. The van der Waals surface area contributed by atoms with Crippen molar-refractivity contribution >= 4 is 23.7 Å². The number of hydrogen-bond acceptors (Lipinski definition) is 5. The van der Waals surface area contributed by atoms with Gasteiger partial charge in [0.15, 0.2) is 0 Å². The minimum atomic E-state index is -0.692. The Hall–Kier alpha value is -2.70. The third kappa shape index (κ3) is 2.14. The second kappa shape index (κ2) is 5.25. The summed E-state index contributed by atoms with van der Waals surface area (Å²) in [5, 5.41) is 2.24. The molecule has 7 heteroatoms. The fourth-order valence-electron chi connectivity index (χ4n) is 2.89. The van der Waals surface area contributed by atoms with E-state index in [1.807, 2.05) is 0 Å². The zero-order valence-electron chi connectivity index (χ0n) is 11.9. The highest BCUT2D eigenvalue weighted by molar-refractivity contribution is 6.07. The van der Waals surface area contributed by atoms with Gasteiger partial charge in [-0.05, 0) is 24.1 Å². The van der Waals surface area contributed by atoms with Crippen molar-refractivity contribution in [3.8, 4) is 0 Å². The van der Waals surface area contributed by atoms with Gasteiger partial charge in [0.05, 0.1) is 12.7 Å². The summed E-state index contributed by atoms with van der Waals surface area (Å²) in [6.07, 6.45) is 0.484. The molecule has 3 amide bonds. The number of esters is 1. The first-order valence-electron chi connectivity index (χ1n) is 6.87. The van der Waals surface area contributed by atoms with Crippen LogP contribution in [0.2, 0.25) is 0 Å². The van der Waals surface area contributed by atoms with Crippen LogP contribution in [-0.2, 0) is 20.9 Å². The number of ether oxygens (including phenoxy) is 1. The summed E-state index contributed by atoms with van der Waals surface area (Å²) in [5.74, 6) is -1.64. The Balaban J connectivity index is 1.93. The smallest absolute Gasteiger partial charge is 0.338 e. The van der Waals surface area contributed by atoms with E-state index in [-0.39, 0.29) is 31.2 Å². The van der Waals surface area contributed by atoms with Gasteiger partial charge >= 0.3 is 5.97 Å². The number of carbonyl (C=O) groups excluding carboxylic acids is 4. The SMILES string of the molecule is COC(=O)c1cccc2c1CN(C1CCC(=O)NC1=O)C2=O. The number of amides is 3. The van der Waals surface area contributed by atoms with Gasteiger partial charge in [0.2, 0.25) is 11.8 Å². The van der Waals surface area contributed by atoms with Crippen LogP contribution in [0, 0.1) is 0 Å². The number of nitrogens with one attached hydrogen (secondary N) is 1. The number of piperidine rings is 1. The van der Waals surface area contributed by atoms with Gasteiger partial charge in [0, 0.05) is 18.5 Å². The van der Waals surface area contributed by atoms with Crippen molar-refractivity contribution in [2.75, 3.05) is 7.11 Å². The quantitative estimate of drug-likeness (QED) is 0.624. The zero-order chi connectivity index (χ0) is 15.9. The van der Waals surface area contributed by atoms with Gasteiger partial charge in [-0.25, -0.2) is 4.79 Å². The normalized spacial score (nSPS) is 20.7. The van der Waals surface area contributed by atoms with E-state index in [9.17, 15) is 19.2 Å². The molecule has 22 heavy (non-hydrogen) atoms. The van der Waals surface area contributed by atoms with E-state index in [0.29, 0.717) is 16.7 Å². The van der Waals surface area contributed by atoms with Gasteiger partial charge in [-0.1, -0.05) is 6.07 Å². The van der Waals surface area contributed by atoms with Crippen molar-refractivity contribution in [3.63, 3.8) is 0 Å². The van der Waals surface area contributed by atoms with E-state index in [4.69, 9.17) is 4.74 Å². The van der Waals surface area contributed by atoms with Crippen molar-refractivity contribution in [1.82, 2.24) is 10.2 Å². The lowest BCUT2D eigenvalue weighted by Crippen LogP contribution is -2.52. The molecule has 0 radical (unpaired) electrons. The molecule has 0 saturated carbocycles. The Morgan fingerprint density at radius 1 is 1.32 bits per heavy atom. The molecule has 2 aliphatic rings. The Kier molecular flexibility index (Phi) is 3.40. The lowest BCUT2D eigenvalue weighted by molar-refractivity contribution is -0.136. The summed E-state index contributed by atoms with van der Waals surface area (Å²) < 4.78 is 4.72. The van der Waals surface area contributed by atoms with Gasteiger partial charge < -0.3 is 9.64 Å². The molecule has 1 saturated heterocycles. The van der Waals surface area contributed by atoms with Gasteiger partial charge in [-0.15, -0.1) is 0 Å². The third-order valence-electron chi connectivity index (χ3n) is 3.99. The van der Waals surface area contributed by atoms with Crippen molar-refractivity contribution in [1.29, 1.82) is 0 Å². The molecule has 1 aromatic rings. The van der Waals surface area contributed by atoms with Crippen LogP contribution >= 0.6 is 0 Å². The minimum absolute atomic E-state index is 0.158. The number of nitrogens with zero attached hydrogens (tertiary/aromatic N) is 1. The Morgan fingerprint density at radius 2 is 2.09 bits per heavy atom. The second-order valence-electron chi connectivity index (χ2n) is 5.22. The van der Waals surface area contributed by atoms with Crippen LogP contribution in [0.15, 0.2) is 18.2 Å². The van der Waals surface area contributed by atoms with Gasteiger partial charge in [-0.2, -0.15) is 0 Å². The van der Waals surface area contributed by atoms with Gasteiger partial charge in [-0.3, -0.25) is 19.7 Å². The van der Waals surface area contributed by atoms with Crippen LogP contribution < -0.4 is 5.32 Å². The molecule has 3 rings (SSSR count). The molecule has 114 valence electrons. The number of imide groups is 1. The molecule has 0 aromatic heterocycles. The minimum Gasteiger partial charge on any atom is -0.465 e. The largest absolute Gasteiger partial charge is 0.465 e. The molecule has 1 aromatic carbocycles. The van der Waals surface area contributed by atoms with Crippen molar-refractivity contribution in [2.45, 2.75) is 25.4 Å². The molecule has 1 unspecified atom stereocenters. The monoisotopic (exact) mass is 302 g/mol. The molecule has 1 N–H and O–H groups in total. The van der Waals surface area contributed by atoms with E-state index in [1.54, 1.807) is 18.2 Å². The maximum absolute atomic E-state index is 12.5. The summed E-state index contributed by atoms with van der Waals surface area (Å²) in [4.78, 5) is 48.9. The predicted molar refractivity (Wildman–Crippen MR) is 73.8 cm³/mol. The Morgan fingerprint density at radius 3 is 2.77 bits per heavy atom. The number of rotatable bonds is 2. The molecule has 7 nitrogen and oxygen atoms in total. The lowest BCUT2D eigenvalue weighted by atomic mass is 10.0. The number of carbonyl (C=O) groups is 4.